The van der Waals surface area contributed by atoms with Crippen LogP contribution in [0.2, 0.25) is 0 Å². The lowest BCUT2D eigenvalue weighted by Gasteiger charge is -2.03. The molecule has 0 atom stereocenters. The first-order chi connectivity index (χ1) is 8.83. The van der Waals surface area contributed by atoms with Crippen molar-refractivity contribution < 1.29 is 9.53 Å². The van der Waals surface area contributed by atoms with E-state index in [-0.39, 0.29) is 0 Å². The standard InChI is InChI=1S/C9H11NO2.C5H5N/c1-2-12-9(11)10-8-6-4-3-5-7-8;1-2-4-6-5-3-1/h3-7H,2H2,1H3,(H,10,11);1-5H. The number of aromatic nitrogens is 1. The Morgan fingerprint density at radius 3 is 2.17 bits per heavy atom. The van der Waals surface area contributed by atoms with Crippen molar-refractivity contribution in [3.05, 3.63) is 60.9 Å². The van der Waals surface area contributed by atoms with Crippen LogP contribution in [0.3, 0.4) is 0 Å². The number of nitrogens with one attached hydrogen (secondary N) is 1. The summed E-state index contributed by atoms with van der Waals surface area (Å²) in [6.45, 7) is 2.16. The van der Waals surface area contributed by atoms with Crippen molar-refractivity contribution in [3.8, 4) is 0 Å². The summed E-state index contributed by atoms with van der Waals surface area (Å²) in [5, 5.41) is 2.58. The van der Waals surface area contributed by atoms with E-state index in [2.05, 4.69) is 10.3 Å². The molecule has 1 N–H and O–H groups in total. The van der Waals surface area contributed by atoms with E-state index in [1.54, 1.807) is 31.5 Å². The van der Waals surface area contributed by atoms with Crippen molar-refractivity contribution >= 4 is 11.8 Å². The summed E-state index contributed by atoms with van der Waals surface area (Å²) in [5.74, 6) is 0. The molecule has 2 rings (SSSR count). The molecule has 18 heavy (non-hydrogen) atoms. The minimum atomic E-state index is -0.413. The lowest BCUT2D eigenvalue weighted by Crippen LogP contribution is -2.12. The molecule has 0 spiro atoms. The highest BCUT2D eigenvalue weighted by Gasteiger charge is 1.98. The third-order valence-corrected chi connectivity index (χ3v) is 1.86. The van der Waals surface area contributed by atoms with E-state index in [9.17, 15) is 4.79 Å². The minimum absolute atomic E-state index is 0.388. The second-order valence-corrected chi connectivity index (χ2v) is 3.24. The van der Waals surface area contributed by atoms with Gasteiger partial charge in [0.05, 0.1) is 6.61 Å². The molecule has 0 aliphatic rings. The Morgan fingerprint density at radius 2 is 1.72 bits per heavy atom. The molecule has 0 saturated carbocycles. The molecule has 4 nitrogen and oxygen atoms in total. The van der Waals surface area contributed by atoms with Crippen LogP contribution in [0, 0.1) is 0 Å². The van der Waals surface area contributed by atoms with Crippen molar-refractivity contribution in [3.63, 3.8) is 0 Å². The Hall–Kier alpha value is -2.36. The van der Waals surface area contributed by atoms with E-state index in [0.29, 0.717) is 6.61 Å². The van der Waals surface area contributed by atoms with Gasteiger partial charge < -0.3 is 4.74 Å². The van der Waals surface area contributed by atoms with Crippen LogP contribution in [0.4, 0.5) is 10.5 Å². The van der Waals surface area contributed by atoms with Gasteiger partial charge in [-0.25, -0.2) is 4.79 Å². The van der Waals surface area contributed by atoms with E-state index in [1.165, 1.54) is 0 Å². The Kier molecular flexibility index (Phi) is 6.66. The maximum atomic E-state index is 10.9. The number of carbonyl (C=O) groups excluding carboxylic acids is 1. The summed E-state index contributed by atoms with van der Waals surface area (Å²) >= 11 is 0. The van der Waals surface area contributed by atoms with Gasteiger partial charge in [-0.2, -0.15) is 0 Å². The van der Waals surface area contributed by atoms with Gasteiger partial charge in [-0.3, -0.25) is 10.3 Å². The fourth-order valence-electron chi connectivity index (χ4n) is 1.12. The highest BCUT2D eigenvalue weighted by molar-refractivity contribution is 5.84. The van der Waals surface area contributed by atoms with Crippen LogP contribution in [-0.2, 0) is 4.74 Å². The highest BCUT2D eigenvalue weighted by atomic mass is 16.5. The van der Waals surface area contributed by atoms with Gasteiger partial charge in [0, 0.05) is 18.1 Å². The second-order valence-electron chi connectivity index (χ2n) is 3.24. The molecule has 94 valence electrons. The quantitative estimate of drug-likeness (QED) is 0.881. The first kappa shape index (κ1) is 13.7. The predicted molar refractivity (Wildman–Crippen MR) is 71.3 cm³/mol. The topological polar surface area (TPSA) is 51.2 Å². The zero-order chi connectivity index (χ0) is 13.1. The van der Waals surface area contributed by atoms with Gasteiger partial charge in [0.15, 0.2) is 0 Å². The van der Waals surface area contributed by atoms with Crippen LogP contribution in [0.1, 0.15) is 6.92 Å². The molecule has 1 aromatic carbocycles. The summed E-state index contributed by atoms with van der Waals surface area (Å²) in [4.78, 5) is 14.7. The number of amides is 1. The molecule has 0 unspecified atom stereocenters. The third-order valence-electron chi connectivity index (χ3n) is 1.86. The molecular weight excluding hydrogens is 228 g/mol. The molecule has 2 aromatic rings. The number of nitrogens with zero attached hydrogens (tertiary/aromatic N) is 1. The number of ether oxygens (including phenoxy) is 1. The Morgan fingerprint density at radius 1 is 1.11 bits per heavy atom. The maximum absolute atomic E-state index is 10.9. The van der Waals surface area contributed by atoms with Crippen molar-refractivity contribution in [2.75, 3.05) is 11.9 Å². The third kappa shape index (κ3) is 6.27. The van der Waals surface area contributed by atoms with Gasteiger partial charge in [-0.15, -0.1) is 0 Å². The zero-order valence-corrected chi connectivity index (χ0v) is 10.2. The lowest BCUT2D eigenvalue weighted by atomic mass is 10.3. The number of para-hydroxylation sites is 1. The summed E-state index contributed by atoms with van der Waals surface area (Å²) in [7, 11) is 0. The summed E-state index contributed by atoms with van der Waals surface area (Å²) in [5.41, 5.74) is 0.746. The average Bonchev–Trinajstić information content (AvgIpc) is 2.43. The van der Waals surface area contributed by atoms with Crippen LogP contribution in [0.5, 0.6) is 0 Å². The largest absolute Gasteiger partial charge is 0.450 e. The van der Waals surface area contributed by atoms with Crippen LogP contribution in [0.15, 0.2) is 60.9 Å². The first-order valence-electron chi connectivity index (χ1n) is 5.66. The Labute approximate surface area is 107 Å². The van der Waals surface area contributed by atoms with Crippen molar-refractivity contribution in [1.82, 2.24) is 4.98 Å². The van der Waals surface area contributed by atoms with Crippen molar-refractivity contribution in [2.24, 2.45) is 0 Å². The van der Waals surface area contributed by atoms with E-state index in [4.69, 9.17) is 4.74 Å². The monoisotopic (exact) mass is 244 g/mol. The fraction of sp³-hybridized carbons (Fsp3) is 0.143. The number of hydrogen-bond donors (Lipinski definition) is 1. The number of benzene rings is 1. The molecule has 1 aromatic heterocycles. The molecule has 0 aliphatic heterocycles. The summed E-state index contributed by atoms with van der Waals surface area (Å²) in [6, 6.07) is 14.9. The van der Waals surface area contributed by atoms with Gasteiger partial charge in [-0.05, 0) is 31.2 Å². The smallest absolute Gasteiger partial charge is 0.411 e. The second kappa shape index (κ2) is 8.75. The van der Waals surface area contributed by atoms with Gasteiger partial charge in [0.2, 0.25) is 0 Å². The normalized spacial score (nSPS) is 8.72. The van der Waals surface area contributed by atoms with E-state index in [1.807, 2.05) is 36.4 Å². The molecule has 0 saturated heterocycles. The van der Waals surface area contributed by atoms with Crippen LogP contribution < -0.4 is 5.32 Å². The molecule has 1 heterocycles. The van der Waals surface area contributed by atoms with E-state index < -0.39 is 6.09 Å². The van der Waals surface area contributed by atoms with E-state index >= 15 is 0 Å². The van der Waals surface area contributed by atoms with E-state index in [0.717, 1.165) is 5.69 Å². The van der Waals surface area contributed by atoms with Gasteiger partial charge in [-0.1, -0.05) is 24.3 Å². The van der Waals surface area contributed by atoms with Crippen molar-refractivity contribution in [1.29, 1.82) is 0 Å². The first-order valence-corrected chi connectivity index (χ1v) is 5.66. The van der Waals surface area contributed by atoms with Crippen LogP contribution in [-0.4, -0.2) is 17.7 Å². The lowest BCUT2D eigenvalue weighted by molar-refractivity contribution is 0.168. The number of carbonyl (C=O) groups is 1. The maximum Gasteiger partial charge on any atom is 0.411 e. The van der Waals surface area contributed by atoms with Gasteiger partial charge in [0.25, 0.3) is 0 Å². The van der Waals surface area contributed by atoms with Gasteiger partial charge >= 0.3 is 6.09 Å². The Bertz CT molecular complexity index is 405. The zero-order valence-electron chi connectivity index (χ0n) is 10.2. The number of anilines is 1. The number of pyridine rings is 1. The SMILES string of the molecule is CCOC(=O)Nc1ccccc1.c1ccncc1. The molecule has 1 amide bonds. The fourth-order valence-corrected chi connectivity index (χ4v) is 1.12. The molecule has 0 fully saturated rings. The highest BCUT2D eigenvalue weighted by Crippen LogP contribution is 2.04. The minimum Gasteiger partial charge on any atom is -0.450 e. The molecule has 0 radical (unpaired) electrons. The Balaban J connectivity index is 0.000000225. The molecule has 0 aliphatic carbocycles. The van der Waals surface area contributed by atoms with Crippen LogP contribution in [0.25, 0.3) is 0 Å². The predicted octanol–water partition coefficient (Wildman–Crippen LogP) is 3.34. The van der Waals surface area contributed by atoms with Crippen LogP contribution >= 0.6 is 0 Å². The average molecular weight is 244 g/mol. The van der Waals surface area contributed by atoms with Gasteiger partial charge in [0.1, 0.15) is 0 Å². The summed E-state index contributed by atoms with van der Waals surface area (Å²) < 4.78 is 4.70. The number of rotatable bonds is 2. The number of hydrogen-bond acceptors (Lipinski definition) is 3. The molecule has 4 heteroatoms. The van der Waals surface area contributed by atoms with Crippen molar-refractivity contribution in [2.45, 2.75) is 6.92 Å². The molecule has 0 bridgehead atoms. The summed E-state index contributed by atoms with van der Waals surface area (Å²) in [6.07, 6.45) is 3.09. The molecular formula is C14H16N2O2.